The number of nitrogens with two attached hydrogens (primary N) is 1. The van der Waals surface area contributed by atoms with Gasteiger partial charge < -0.3 is 20.2 Å². The maximum absolute atomic E-state index is 13.4. The third-order valence-corrected chi connectivity index (χ3v) is 5.70. The van der Waals surface area contributed by atoms with Crippen LogP contribution in [0.15, 0.2) is 35.1 Å². The van der Waals surface area contributed by atoms with Gasteiger partial charge in [-0.15, -0.1) is 0 Å². The summed E-state index contributed by atoms with van der Waals surface area (Å²) in [5.41, 5.74) is 1.92. The van der Waals surface area contributed by atoms with Crippen LogP contribution in [0.2, 0.25) is 0 Å². The minimum absolute atomic E-state index is 0.121. The zero-order valence-corrected chi connectivity index (χ0v) is 18.4. The second-order valence-electron chi connectivity index (χ2n) is 7.53. The Morgan fingerprint density at radius 2 is 2.03 bits per heavy atom. The molecular weight excluding hydrogens is 447 g/mol. The predicted molar refractivity (Wildman–Crippen MR) is 116 cm³/mol. The van der Waals surface area contributed by atoms with Gasteiger partial charge in [-0.25, -0.2) is 4.31 Å². The number of carbonyl (C=O) groups is 1. The number of nitrogens with one attached hydrogen (secondary N) is 1. The van der Waals surface area contributed by atoms with Gasteiger partial charge in [-0.1, -0.05) is 37.9 Å². The summed E-state index contributed by atoms with van der Waals surface area (Å²) in [6.45, 7) is 6.68. The second kappa shape index (κ2) is 9.97. The molecule has 7 nitrogen and oxygen atoms in total. The Kier molecular flexibility index (Phi) is 7.52. The smallest absolute Gasteiger partial charge is 0.431 e. The molecule has 1 aromatic heterocycles. The van der Waals surface area contributed by atoms with Crippen LogP contribution in [0.4, 0.5) is 13.2 Å². The number of morpholine rings is 1. The molecule has 11 heteroatoms. The lowest BCUT2D eigenvalue weighted by Crippen LogP contribution is -2.42. The van der Waals surface area contributed by atoms with Gasteiger partial charge in [0.1, 0.15) is 29.7 Å². The van der Waals surface area contributed by atoms with Crippen molar-refractivity contribution in [3.63, 3.8) is 0 Å². The van der Waals surface area contributed by atoms with Crippen molar-refractivity contribution in [1.82, 2.24) is 9.29 Å². The number of pyridine rings is 1. The molecule has 2 heterocycles. The van der Waals surface area contributed by atoms with Crippen LogP contribution in [-0.4, -0.2) is 52.9 Å². The molecule has 1 fully saturated rings. The SMILES string of the molecule is CC(C)SN1CCOC(COc2ccc(-c3cc(C(N)=O)c(=O)[nH]c3C(F)(F)F)cc2)C1. The van der Waals surface area contributed by atoms with Crippen LogP contribution in [0.3, 0.4) is 0 Å². The van der Waals surface area contributed by atoms with E-state index in [1.54, 1.807) is 16.9 Å². The number of alkyl halides is 3. The van der Waals surface area contributed by atoms with E-state index in [2.05, 4.69) is 18.2 Å². The average molecular weight is 472 g/mol. The first-order valence-corrected chi connectivity index (χ1v) is 10.8. The van der Waals surface area contributed by atoms with Gasteiger partial charge in [-0.05, 0) is 23.8 Å². The van der Waals surface area contributed by atoms with Gasteiger partial charge in [-0.3, -0.25) is 9.59 Å². The lowest BCUT2D eigenvalue weighted by atomic mass is 10.0. The van der Waals surface area contributed by atoms with E-state index in [1.165, 1.54) is 24.3 Å². The first kappa shape index (κ1) is 24.1. The van der Waals surface area contributed by atoms with E-state index in [-0.39, 0.29) is 17.2 Å². The lowest BCUT2D eigenvalue weighted by Gasteiger charge is -2.32. The summed E-state index contributed by atoms with van der Waals surface area (Å²) in [5.74, 6) is -0.655. The molecule has 2 aromatic rings. The Balaban J connectivity index is 1.75. The van der Waals surface area contributed by atoms with Crippen molar-refractivity contribution < 1.29 is 27.4 Å². The van der Waals surface area contributed by atoms with Gasteiger partial charge in [0, 0.05) is 23.9 Å². The number of hydrogen-bond acceptors (Lipinski definition) is 6. The first-order chi connectivity index (χ1) is 15.0. The zero-order valence-electron chi connectivity index (χ0n) is 17.6. The van der Waals surface area contributed by atoms with E-state index in [0.717, 1.165) is 12.6 Å². The number of nitrogens with zero attached hydrogens (tertiary/aromatic N) is 1. The van der Waals surface area contributed by atoms with Gasteiger partial charge in [-0.2, -0.15) is 13.2 Å². The number of aromatic amines is 1. The van der Waals surface area contributed by atoms with Gasteiger partial charge in [0.05, 0.1) is 6.61 Å². The highest BCUT2D eigenvalue weighted by atomic mass is 32.2. The summed E-state index contributed by atoms with van der Waals surface area (Å²) < 4.78 is 54.0. The number of aromatic nitrogens is 1. The predicted octanol–water partition coefficient (Wildman–Crippen LogP) is 3.30. The van der Waals surface area contributed by atoms with E-state index in [4.69, 9.17) is 15.2 Å². The van der Waals surface area contributed by atoms with Gasteiger partial charge in [0.15, 0.2) is 0 Å². The average Bonchev–Trinajstić information content (AvgIpc) is 2.71. The van der Waals surface area contributed by atoms with Crippen LogP contribution < -0.4 is 16.0 Å². The summed E-state index contributed by atoms with van der Waals surface area (Å²) in [7, 11) is 0. The van der Waals surface area contributed by atoms with Crippen LogP contribution in [0.25, 0.3) is 11.1 Å². The monoisotopic (exact) mass is 471 g/mol. The number of halogens is 3. The number of hydrogen-bond donors (Lipinski definition) is 2. The second-order valence-corrected chi connectivity index (χ2v) is 9.20. The van der Waals surface area contributed by atoms with Crippen molar-refractivity contribution in [2.24, 2.45) is 5.73 Å². The number of rotatable bonds is 7. The minimum Gasteiger partial charge on any atom is -0.491 e. The van der Waals surface area contributed by atoms with Crippen LogP contribution in [0.5, 0.6) is 5.75 Å². The fourth-order valence-electron chi connectivity index (χ4n) is 3.27. The molecule has 1 aliphatic heterocycles. The number of H-pyrrole nitrogens is 1. The highest BCUT2D eigenvalue weighted by Crippen LogP contribution is 2.35. The molecule has 1 unspecified atom stereocenters. The molecule has 0 spiro atoms. The molecule has 1 amide bonds. The topological polar surface area (TPSA) is 97.6 Å². The van der Waals surface area contributed by atoms with Crippen molar-refractivity contribution in [1.29, 1.82) is 0 Å². The van der Waals surface area contributed by atoms with E-state index in [9.17, 15) is 22.8 Å². The zero-order chi connectivity index (χ0) is 23.5. The summed E-state index contributed by atoms with van der Waals surface area (Å²) in [5, 5.41) is 0.465. The molecule has 0 radical (unpaired) electrons. The van der Waals surface area contributed by atoms with E-state index >= 15 is 0 Å². The molecule has 0 aliphatic carbocycles. The summed E-state index contributed by atoms with van der Waals surface area (Å²) in [6.07, 6.45) is -4.94. The summed E-state index contributed by atoms with van der Waals surface area (Å²) >= 11 is 1.76. The summed E-state index contributed by atoms with van der Waals surface area (Å²) in [6, 6.07) is 6.75. The van der Waals surface area contributed by atoms with Crippen LogP contribution in [-0.2, 0) is 10.9 Å². The van der Waals surface area contributed by atoms with E-state index in [1.807, 2.05) is 0 Å². The Morgan fingerprint density at radius 3 is 2.62 bits per heavy atom. The number of carbonyl (C=O) groups excluding carboxylic acids is 1. The Labute approximate surface area is 187 Å². The molecule has 1 saturated heterocycles. The number of primary amides is 1. The highest BCUT2D eigenvalue weighted by molar-refractivity contribution is 7.97. The molecule has 0 saturated carbocycles. The fourth-order valence-corrected chi connectivity index (χ4v) is 4.30. The van der Waals surface area contributed by atoms with Crippen molar-refractivity contribution in [2.75, 3.05) is 26.3 Å². The maximum Gasteiger partial charge on any atom is 0.431 e. The molecule has 3 N–H and O–H groups in total. The Hall–Kier alpha value is -2.50. The molecule has 32 heavy (non-hydrogen) atoms. The molecule has 3 rings (SSSR count). The van der Waals surface area contributed by atoms with E-state index in [0.29, 0.717) is 30.8 Å². The lowest BCUT2D eigenvalue weighted by molar-refractivity contribution is -0.140. The molecule has 0 bridgehead atoms. The highest BCUT2D eigenvalue weighted by Gasteiger charge is 2.36. The van der Waals surface area contributed by atoms with Crippen molar-refractivity contribution in [2.45, 2.75) is 31.4 Å². The van der Waals surface area contributed by atoms with Gasteiger partial charge >= 0.3 is 6.18 Å². The molecule has 1 atom stereocenters. The largest absolute Gasteiger partial charge is 0.491 e. The third kappa shape index (κ3) is 6.05. The van der Waals surface area contributed by atoms with Crippen LogP contribution in [0, 0.1) is 0 Å². The Morgan fingerprint density at radius 1 is 1.34 bits per heavy atom. The first-order valence-electron chi connectivity index (χ1n) is 9.95. The quantitative estimate of drug-likeness (QED) is 0.602. The number of benzene rings is 1. The van der Waals surface area contributed by atoms with Crippen molar-refractivity contribution in [3.8, 4) is 16.9 Å². The third-order valence-electron chi connectivity index (χ3n) is 4.65. The van der Waals surface area contributed by atoms with Gasteiger partial charge in [0.25, 0.3) is 11.5 Å². The Bertz CT molecular complexity index is 1010. The number of amides is 1. The molecule has 1 aliphatic rings. The van der Waals surface area contributed by atoms with Crippen LogP contribution >= 0.6 is 11.9 Å². The minimum atomic E-state index is -4.82. The normalized spacial score (nSPS) is 17.5. The fraction of sp³-hybridized carbons (Fsp3) is 0.429. The summed E-state index contributed by atoms with van der Waals surface area (Å²) in [4.78, 5) is 24.9. The van der Waals surface area contributed by atoms with Crippen molar-refractivity contribution >= 4 is 17.9 Å². The van der Waals surface area contributed by atoms with E-state index < -0.39 is 28.9 Å². The molecule has 1 aromatic carbocycles. The van der Waals surface area contributed by atoms with Gasteiger partial charge in [0.2, 0.25) is 0 Å². The van der Waals surface area contributed by atoms with Crippen LogP contribution in [0.1, 0.15) is 29.9 Å². The molecular formula is C21H24F3N3O4S. The standard InChI is InChI=1S/C21H24F3N3O4S/c1-12(2)32-27-7-8-30-15(10-27)11-31-14-5-3-13(4-6-14)16-9-17(19(25)28)20(29)26-18(16)21(22,23)24/h3-6,9,12,15H,7-8,10-11H2,1-2H3,(H2,25,28)(H,26,29). The van der Waals surface area contributed by atoms with Crippen molar-refractivity contribution in [3.05, 3.63) is 51.9 Å². The number of ether oxygens (including phenoxy) is 2. The maximum atomic E-state index is 13.4. The molecule has 174 valence electrons.